The maximum absolute atomic E-state index is 10.7. The Kier molecular flexibility index (Phi) is 5.27. The van der Waals surface area contributed by atoms with Crippen LogP contribution in [0.3, 0.4) is 0 Å². The molecule has 0 fully saturated rings. The second kappa shape index (κ2) is 6.49. The van der Waals surface area contributed by atoms with Crippen molar-refractivity contribution in [3.05, 3.63) is 11.7 Å². The van der Waals surface area contributed by atoms with Gasteiger partial charge in [-0.3, -0.25) is 4.79 Å². The van der Waals surface area contributed by atoms with Gasteiger partial charge in [-0.1, -0.05) is 12.1 Å². The third-order valence-corrected chi connectivity index (χ3v) is 3.00. The third-order valence-electron chi connectivity index (χ3n) is 1.86. The molecule has 6 nitrogen and oxygen atoms in total. The Labute approximate surface area is 98.3 Å². The fraction of sp³-hybridized carbons (Fsp3) is 0.667. The summed E-state index contributed by atoms with van der Waals surface area (Å²) in [6, 6.07) is 0.362. The fourth-order valence-electron chi connectivity index (χ4n) is 1.04. The quantitative estimate of drug-likeness (QED) is 0.721. The first kappa shape index (κ1) is 13.0. The summed E-state index contributed by atoms with van der Waals surface area (Å²) in [6.07, 6.45) is 0. The summed E-state index contributed by atoms with van der Waals surface area (Å²) < 4.78 is 4.66. The molecule has 1 amide bonds. The van der Waals surface area contributed by atoms with Crippen LogP contribution in [-0.4, -0.2) is 33.6 Å². The van der Waals surface area contributed by atoms with Gasteiger partial charge in [-0.15, -0.1) is 0 Å². The first-order chi connectivity index (χ1) is 7.63. The summed E-state index contributed by atoms with van der Waals surface area (Å²) in [5, 5.41) is 6.86. The molecule has 1 rings (SSSR count). The van der Waals surface area contributed by atoms with Crippen LogP contribution in [-0.2, 0) is 6.54 Å². The van der Waals surface area contributed by atoms with E-state index in [0.29, 0.717) is 18.4 Å². The van der Waals surface area contributed by atoms with Gasteiger partial charge in [0.25, 0.3) is 0 Å². The number of nitrogens with two attached hydrogens (primary N) is 1. The highest BCUT2D eigenvalue weighted by Gasteiger charge is 2.11. The van der Waals surface area contributed by atoms with Gasteiger partial charge in [-0.25, -0.2) is 0 Å². The van der Waals surface area contributed by atoms with E-state index in [4.69, 9.17) is 5.73 Å². The largest absolute Gasteiger partial charge is 0.361 e. The highest BCUT2D eigenvalue weighted by molar-refractivity contribution is 7.99. The molecule has 1 aromatic rings. The molecule has 7 heteroatoms. The number of aromatic nitrogens is 2. The molecular weight excluding hydrogens is 228 g/mol. The highest BCUT2D eigenvalue weighted by Crippen LogP contribution is 2.02. The molecule has 0 spiro atoms. The van der Waals surface area contributed by atoms with E-state index in [1.54, 1.807) is 0 Å². The van der Waals surface area contributed by atoms with E-state index in [2.05, 4.69) is 33.8 Å². The van der Waals surface area contributed by atoms with Crippen LogP contribution in [0, 0.1) is 0 Å². The number of nitrogens with zero attached hydrogens (tertiary/aromatic N) is 2. The van der Waals surface area contributed by atoms with Gasteiger partial charge < -0.3 is 15.6 Å². The van der Waals surface area contributed by atoms with Gasteiger partial charge in [0.1, 0.15) is 0 Å². The summed E-state index contributed by atoms with van der Waals surface area (Å²) >= 11 is 1.86. The Morgan fingerprint density at radius 2 is 2.44 bits per heavy atom. The van der Waals surface area contributed by atoms with Crippen molar-refractivity contribution in [2.24, 2.45) is 5.73 Å². The number of hydrogen-bond donors (Lipinski definition) is 2. The van der Waals surface area contributed by atoms with E-state index in [0.717, 1.165) is 11.5 Å². The average Bonchev–Trinajstić information content (AvgIpc) is 2.72. The number of nitrogens with one attached hydrogen (secondary N) is 1. The zero-order chi connectivity index (χ0) is 12.0. The van der Waals surface area contributed by atoms with Crippen LogP contribution in [0.5, 0.6) is 0 Å². The summed E-state index contributed by atoms with van der Waals surface area (Å²) in [4.78, 5) is 14.5. The first-order valence-electron chi connectivity index (χ1n) is 5.07. The van der Waals surface area contributed by atoms with Crippen LogP contribution in [0.25, 0.3) is 0 Å². The van der Waals surface area contributed by atoms with E-state index >= 15 is 0 Å². The van der Waals surface area contributed by atoms with Crippen LogP contribution in [0.2, 0.25) is 0 Å². The lowest BCUT2D eigenvalue weighted by atomic mass is 10.4. The van der Waals surface area contributed by atoms with Gasteiger partial charge in [-0.05, 0) is 12.7 Å². The number of amides is 1. The summed E-state index contributed by atoms with van der Waals surface area (Å²) in [5.41, 5.74) is 4.99. The van der Waals surface area contributed by atoms with E-state index in [1.807, 2.05) is 11.8 Å². The molecule has 0 unspecified atom stereocenters. The smallest absolute Gasteiger partial charge is 0.315 e. The van der Waals surface area contributed by atoms with Crippen molar-refractivity contribution in [2.75, 3.05) is 11.5 Å². The van der Waals surface area contributed by atoms with E-state index in [-0.39, 0.29) is 5.89 Å². The van der Waals surface area contributed by atoms with E-state index in [9.17, 15) is 4.79 Å². The van der Waals surface area contributed by atoms with Gasteiger partial charge in [-0.2, -0.15) is 16.7 Å². The molecule has 1 atom stereocenters. The number of hydrogen-bond acceptors (Lipinski definition) is 6. The van der Waals surface area contributed by atoms with Crippen molar-refractivity contribution in [1.82, 2.24) is 15.5 Å². The monoisotopic (exact) mass is 244 g/mol. The normalized spacial score (nSPS) is 12.6. The first-order valence-corrected chi connectivity index (χ1v) is 6.22. The van der Waals surface area contributed by atoms with Crippen LogP contribution < -0.4 is 11.1 Å². The second-order valence-electron chi connectivity index (χ2n) is 3.32. The molecular formula is C9H16N4O2S. The minimum absolute atomic E-state index is 0.146. The molecule has 0 aliphatic heterocycles. The Balaban J connectivity index is 2.33. The molecule has 0 radical (unpaired) electrons. The van der Waals surface area contributed by atoms with Gasteiger partial charge in [0.2, 0.25) is 0 Å². The molecule has 0 saturated carbocycles. The average molecular weight is 244 g/mol. The standard InChI is InChI=1S/C9H16N4O2S/c1-3-16-5-6(2)11-4-7-12-9(8(10)14)15-13-7/h6,11H,3-5H2,1-2H3,(H2,10,14)/t6-/m1/s1. The number of carbonyl (C=O) groups excluding carboxylic acids is 1. The number of carbonyl (C=O) groups is 1. The van der Waals surface area contributed by atoms with Gasteiger partial charge in [0.15, 0.2) is 5.82 Å². The molecule has 0 bridgehead atoms. The Morgan fingerprint density at radius 1 is 1.69 bits per heavy atom. The zero-order valence-electron chi connectivity index (χ0n) is 9.40. The van der Waals surface area contributed by atoms with Crippen LogP contribution in [0.1, 0.15) is 30.4 Å². The molecule has 0 aromatic carbocycles. The lowest BCUT2D eigenvalue weighted by molar-refractivity contribution is 0.0958. The Bertz CT molecular complexity index is 342. The molecule has 0 aliphatic rings. The number of rotatable bonds is 7. The minimum Gasteiger partial charge on any atom is -0.361 e. The number of primary amides is 1. The highest BCUT2D eigenvalue weighted by atomic mass is 32.2. The van der Waals surface area contributed by atoms with Gasteiger partial charge in [0.05, 0.1) is 6.54 Å². The second-order valence-corrected chi connectivity index (χ2v) is 4.64. The molecule has 16 heavy (non-hydrogen) atoms. The van der Waals surface area contributed by atoms with Crippen molar-refractivity contribution >= 4 is 17.7 Å². The maximum atomic E-state index is 10.7. The molecule has 1 heterocycles. The molecule has 3 N–H and O–H groups in total. The minimum atomic E-state index is -0.701. The van der Waals surface area contributed by atoms with E-state index < -0.39 is 5.91 Å². The Hall–Kier alpha value is -1.08. The molecule has 90 valence electrons. The predicted octanol–water partition coefficient (Wildman–Crippen LogP) is 0.400. The van der Waals surface area contributed by atoms with E-state index in [1.165, 1.54) is 0 Å². The lowest BCUT2D eigenvalue weighted by Gasteiger charge is -2.10. The molecule has 0 saturated heterocycles. The maximum Gasteiger partial charge on any atom is 0.315 e. The van der Waals surface area contributed by atoms with Crippen LogP contribution >= 0.6 is 11.8 Å². The Morgan fingerprint density at radius 3 is 3.00 bits per heavy atom. The SMILES string of the molecule is CCSC[C@@H](C)NCc1noc(C(N)=O)n1. The molecule has 0 aliphatic carbocycles. The van der Waals surface area contributed by atoms with Crippen molar-refractivity contribution < 1.29 is 9.32 Å². The summed E-state index contributed by atoms with van der Waals surface area (Å²) in [5.74, 6) is 1.72. The third kappa shape index (κ3) is 4.19. The zero-order valence-corrected chi connectivity index (χ0v) is 10.2. The van der Waals surface area contributed by atoms with Crippen molar-refractivity contribution in [2.45, 2.75) is 26.4 Å². The van der Waals surface area contributed by atoms with Crippen LogP contribution in [0.15, 0.2) is 4.52 Å². The van der Waals surface area contributed by atoms with Crippen molar-refractivity contribution in [1.29, 1.82) is 0 Å². The fourth-order valence-corrected chi connectivity index (χ4v) is 1.75. The topological polar surface area (TPSA) is 94.0 Å². The predicted molar refractivity (Wildman–Crippen MR) is 62.1 cm³/mol. The van der Waals surface area contributed by atoms with Gasteiger partial charge in [0, 0.05) is 11.8 Å². The summed E-state index contributed by atoms with van der Waals surface area (Å²) in [7, 11) is 0. The lowest BCUT2D eigenvalue weighted by Crippen LogP contribution is -2.28. The molecule has 1 aromatic heterocycles. The van der Waals surface area contributed by atoms with Crippen LogP contribution in [0.4, 0.5) is 0 Å². The van der Waals surface area contributed by atoms with Crippen molar-refractivity contribution in [3.63, 3.8) is 0 Å². The van der Waals surface area contributed by atoms with Crippen molar-refractivity contribution in [3.8, 4) is 0 Å². The summed E-state index contributed by atoms with van der Waals surface area (Å²) in [6.45, 7) is 4.68. The number of thioether (sulfide) groups is 1. The van der Waals surface area contributed by atoms with Gasteiger partial charge >= 0.3 is 11.8 Å².